The first-order valence-electron chi connectivity index (χ1n) is 5.94. The van der Waals surface area contributed by atoms with E-state index in [9.17, 15) is 9.59 Å². The number of Topliss-reactive ketones (excluding diaryl/α,β-unsaturated/α-hetero) is 1. The van der Waals surface area contributed by atoms with Gasteiger partial charge in [-0.2, -0.15) is 0 Å². The summed E-state index contributed by atoms with van der Waals surface area (Å²) < 4.78 is 10.7. The van der Waals surface area contributed by atoms with Crippen LogP contribution in [0, 0.1) is 0 Å². The summed E-state index contributed by atoms with van der Waals surface area (Å²) in [6, 6.07) is 0. The van der Waals surface area contributed by atoms with Crippen molar-refractivity contribution in [2.24, 2.45) is 0 Å². The van der Waals surface area contributed by atoms with Crippen molar-refractivity contribution in [1.82, 2.24) is 4.90 Å². The van der Waals surface area contributed by atoms with E-state index in [1.165, 1.54) is 6.92 Å². The standard InChI is InChI=1S/C12H21NO4/c1-9(14)4-5-12(15)13-6-10(2)17-11(7-13)8-16-3/h10-11H,4-8H2,1-3H3. The Morgan fingerprint density at radius 2 is 2.06 bits per heavy atom. The summed E-state index contributed by atoms with van der Waals surface area (Å²) in [4.78, 5) is 24.5. The highest BCUT2D eigenvalue weighted by atomic mass is 16.5. The van der Waals surface area contributed by atoms with Crippen molar-refractivity contribution >= 4 is 11.7 Å². The van der Waals surface area contributed by atoms with Gasteiger partial charge in [-0.1, -0.05) is 0 Å². The van der Waals surface area contributed by atoms with E-state index < -0.39 is 0 Å². The first kappa shape index (κ1) is 14.1. The van der Waals surface area contributed by atoms with Crippen LogP contribution in [0.4, 0.5) is 0 Å². The van der Waals surface area contributed by atoms with Crippen LogP contribution in [0.1, 0.15) is 26.7 Å². The number of amides is 1. The fraction of sp³-hybridized carbons (Fsp3) is 0.833. The monoisotopic (exact) mass is 243 g/mol. The molecule has 17 heavy (non-hydrogen) atoms. The Morgan fingerprint density at radius 1 is 1.35 bits per heavy atom. The third-order valence-corrected chi connectivity index (χ3v) is 2.72. The lowest BCUT2D eigenvalue weighted by Crippen LogP contribution is -2.50. The van der Waals surface area contributed by atoms with Crippen LogP contribution in [-0.2, 0) is 19.1 Å². The van der Waals surface area contributed by atoms with E-state index in [2.05, 4.69) is 0 Å². The molecule has 1 aliphatic rings. The van der Waals surface area contributed by atoms with Gasteiger partial charge >= 0.3 is 0 Å². The molecule has 1 heterocycles. The summed E-state index contributed by atoms with van der Waals surface area (Å²) in [5, 5.41) is 0. The van der Waals surface area contributed by atoms with Crippen molar-refractivity contribution in [3.8, 4) is 0 Å². The first-order valence-corrected chi connectivity index (χ1v) is 5.94. The number of carbonyl (C=O) groups excluding carboxylic acids is 2. The van der Waals surface area contributed by atoms with Crippen LogP contribution >= 0.6 is 0 Å². The Hall–Kier alpha value is -0.940. The van der Waals surface area contributed by atoms with Gasteiger partial charge in [0, 0.05) is 33.0 Å². The van der Waals surface area contributed by atoms with E-state index in [0.29, 0.717) is 32.5 Å². The van der Waals surface area contributed by atoms with Gasteiger partial charge in [-0.25, -0.2) is 0 Å². The topological polar surface area (TPSA) is 55.8 Å². The Morgan fingerprint density at radius 3 is 2.65 bits per heavy atom. The highest BCUT2D eigenvalue weighted by molar-refractivity contribution is 5.83. The van der Waals surface area contributed by atoms with Crippen LogP contribution in [0.15, 0.2) is 0 Å². The van der Waals surface area contributed by atoms with E-state index in [-0.39, 0.29) is 23.9 Å². The Bertz CT molecular complexity index is 280. The van der Waals surface area contributed by atoms with Crippen molar-refractivity contribution in [3.05, 3.63) is 0 Å². The van der Waals surface area contributed by atoms with Crippen molar-refractivity contribution in [3.63, 3.8) is 0 Å². The van der Waals surface area contributed by atoms with Gasteiger partial charge in [0.15, 0.2) is 0 Å². The number of morpholine rings is 1. The molecule has 0 aromatic carbocycles. The predicted octanol–water partition coefficient (Wildman–Crippen LogP) is 0.618. The number of ketones is 1. The van der Waals surface area contributed by atoms with Gasteiger partial charge in [0.1, 0.15) is 5.78 Å². The maximum Gasteiger partial charge on any atom is 0.223 e. The van der Waals surface area contributed by atoms with E-state index in [0.717, 1.165) is 0 Å². The predicted molar refractivity (Wildman–Crippen MR) is 62.7 cm³/mol. The summed E-state index contributed by atoms with van der Waals surface area (Å²) in [5.41, 5.74) is 0. The fourth-order valence-electron chi connectivity index (χ4n) is 1.97. The molecule has 0 N–H and O–H groups in total. The number of hydrogen-bond acceptors (Lipinski definition) is 4. The van der Waals surface area contributed by atoms with Gasteiger partial charge in [0.25, 0.3) is 0 Å². The third kappa shape index (κ3) is 4.83. The fourth-order valence-corrected chi connectivity index (χ4v) is 1.97. The van der Waals surface area contributed by atoms with E-state index in [1.54, 1.807) is 12.0 Å². The molecule has 1 amide bonds. The number of methoxy groups -OCH3 is 1. The van der Waals surface area contributed by atoms with Crippen LogP contribution in [0.3, 0.4) is 0 Å². The summed E-state index contributed by atoms with van der Waals surface area (Å²) in [7, 11) is 1.62. The normalized spacial score (nSPS) is 24.8. The van der Waals surface area contributed by atoms with Crippen molar-refractivity contribution < 1.29 is 19.1 Å². The Balaban J connectivity index is 2.45. The molecule has 5 nitrogen and oxygen atoms in total. The summed E-state index contributed by atoms with van der Waals surface area (Å²) in [6.45, 7) is 5.07. The second kappa shape index (κ2) is 6.71. The molecule has 5 heteroatoms. The summed E-state index contributed by atoms with van der Waals surface area (Å²) in [6.07, 6.45) is 0.566. The quantitative estimate of drug-likeness (QED) is 0.710. The minimum Gasteiger partial charge on any atom is -0.382 e. The molecule has 0 aromatic heterocycles. The molecular weight excluding hydrogens is 222 g/mol. The SMILES string of the molecule is COCC1CN(C(=O)CCC(C)=O)CC(C)O1. The maximum atomic E-state index is 11.9. The van der Waals surface area contributed by atoms with Crippen LogP contribution in [0.5, 0.6) is 0 Å². The molecule has 0 aromatic rings. The maximum absolute atomic E-state index is 11.9. The molecule has 2 atom stereocenters. The first-order chi connectivity index (χ1) is 8.02. The molecule has 0 spiro atoms. The molecule has 98 valence electrons. The lowest BCUT2D eigenvalue weighted by Gasteiger charge is -2.36. The molecule has 0 aliphatic carbocycles. The smallest absolute Gasteiger partial charge is 0.223 e. The Kier molecular flexibility index (Phi) is 5.58. The minimum atomic E-state index is -0.0648. The summed E-state index contributed by atoms with van der Waals surface area (Å²) in [5.74, 6) is 0.0737. The molecule has 1 saturated heterocycles. The molecule has 0 saturated carbocycles. The molecular formula is C12H21NO4. The third-order valence-electron chi connectivity index (χ3n) is 2.72. The molecule has 1 rings (SSSR count). The second-order valence-electron chi connectivity index (χ2n) is 4.52. The van der Waals surface area contributed by atoms with Gasteiger partial charge < -0.3 is 19.2 Å². The number of ether oxygens (including phenoxy) is 2. The van der Waals surface area contributed by atoms with Crippen LogP contribution in [0.2, 0.25) is 0 Å². The molecule has 1 fully saturated rings. The van der Waals surface area contributed by atoms with E-state index >= 15 is 0 Å². The molecule has 2 unspecified atom stereocenters. The minimum absolute atomic E-state index is 0.0187. The molecule has 1 aliphatic heterocycles. The lowest BCUT2D eigenvalue weighted by molar-refractivity contribution is -0.148. The van der Waals surface area contributed by atoms with Gasteiger partial charge in [0.05, 0.1) is 18.8 Å². The zero-order valence-corrected chi connectivity index (χ0v) is 10.8. The number of nitrogens with zero attached hydrogens (tertiary/aromatic N) is 1. The lowest BCUT2D eigenvalue weighted by atomic mass is 10.1. The number of hydrogen-bond donors (Lipinski definition) is 0. The van der Waals surface area contributed by atoms with Gasteiger partial charge in [0.2, 0.25) is 5.91 Å². The average Bonchev–Trinajstić information content (AvgIpc) is 2.25. The van der Waals surface area contributed by atoms with Crippen molar-refractivity contribution in [1.29, 1.82) is 0 Å². The van der Waals surface area contributed by atoms with E-state index in [1.807, 2.05) is 6.92 Å². The van der Waals surface area contributed by atoms with Gasteiger partial charge in [-0.05, 0) is 13.8 Å². The van der Waals surface area contributed by atoms with Crippen LogP contribution < -0.4 is 0 Å². The average molecular weight is 243 g/mol. The zero-order chi connectivity index (χ0) is 12.8. The van der Waals surface area contributed by atoms with Crippen LogP contribution in [0.25, 0.3) is 0 Å². The number of carbonyl (C=O) groups is 2. The van der Waals surface area contributed by atoms with Crippen molar-refractivity contribution in [2.75, 3.05) is 26.8 Å². The van der Waals surface area contributed by atoms with Crippen LogP contribution in [-0.4, -0.2) is 55.6 Å². The number of rotatable bonds is 5. The van der Waals surface area contributed by atoms with Gasteiger partial charge in [-0.3, -0.25) is 4.79 Å². The molecule has 0 radical (unpaired) electrons. The zero-order valence-electron chi connectivity index (χ0n) is 10.8. The Labute approximate surface area is 102 Å². The molecule has 0 bridgehead atoms. The van der Waals surface area contributed by atoms with Crippen molar-refractivity contribution in [2.45, 2.75) is 38.9 Å². The highest BCUT2D eigenvalue weighted by Crippen LogP contribution is 2.13. The van der Waals surface area contributed by atoms with E-state index in [4.69, 9.17) is 9.47 Å². The second-order valence-corrected chi connectivity index (χ2v) is 4.52. The highest BCUT2D eigenvalue weighted by Gasteiger charge is 2.28. The largest absolute Gasteiger partial charge is 0.382 e. The summed E-state index contributed by atoms with van der Waals surface area (Å²) >= 11 is 0. The van der Waals surface area contributed by atoms with Gasteiger partial charge in [-0.15, -0.1) is 0 Å².